The van der Waals surface area contributed by atoms with Crippen LogP contribution in [0.1, 0.15) is 38.4 Å². The minimum atomic E-state index is -0.697. The number of halogens is 1. The molecule has 1 heterocycles. The van der Waals surface area contributed by atoms with Gasteiger partial charge in [-0.05, 0) is 57.5 Å². The standard InChI is InChI=1S/C17H25ClN2O2/c1-12(2)20-9-7-14(8-10-20)17(22)19-11-16(21)13-3-5-15(18)6-4-13/h3-6,12,14,16,21H,7-11H2,1-2H3,(H,19,22). The molecule has 1 aromatic rings. The normalized spacial score (nSPS) is 18.4. The maximum atomic E-state index is 12.2. The second-order valence-corrected chi connectivity index (χ2v) is 6.65. The van der Waals surface area contributed by atoms with Gasteiger partial charge in [-0.1, -0.05) is 23.7 Å². The molecule has 1 aliphatic rings. The van der Waals surface area contributed by atoms with Crippen LogP contribution in [-0.4, -0.2) is 41.6 Å². The summed E-state index contributed by atoms with van der Waals surface area (Å²) in [7, 11) is 0. The van der Waals surface area contributed by atoms with E-state index in [1.54, 1.807) is 24.3 Å². The van der Waals surface area contributed by atoms with E-state index in [4.69, 9.17) is 11.6 Å². The zero-order valence-corrected chi connectivity index (χ0v) is 14.0. The summed E-state index contributed by atoms with van der Waals surface area (Å²) in [4.78, 5) is 14.6. The smallest absolute Gasteiger partial charge is 0.223 e. The first-order chi connectivity index (χ1) is 10.5. The van der Waals surface area contributed by atoms with Crippen LogP contribution in [0.3, 0.4) is 0 Å². The van der Waals surface area contributed by atoms with Crippen molar-refractivity contribution >= 4 is 17.5 Å². The number of aliphatic hydroxyl groups excluding tert-OH is 1. The average molecular weight is 325 g/mol. The average Bonchev–Trinajstić information content (AvgIpc) is 2.53. The highest BCUT2D eigenvalue weighted by Crippen LogP contribution is 2.20. The number of hydrogen-bond acceptors (Lipinski definition) is 3. The van der Waals surface area contributed by atoms with Crippen LogP contribution in [0.15, 0.2) is 24.3 Å². The van der Waals surface area contributed by atoms with Crippen LogP contribution in [0.25, 0.3) is 0 Å². The molecule has 22 heavy (non-hydrogen) atoms. The summed E-state index contributed by atoms with van der Waals surface area (Å²) < 4.78 is 0. The van der Waals surface area contributed by atoms with Crippen molar-refractivity contribution in [2.75, 3.05) is 19.6 Å². The minimum Gasteiger partial charge on any atom is -0.387 e. The maximum absolute atomic E-state index is 12.2. The number of carbonyl (C=O) groups excluding carboxylic acids is 1. The molecule has 0 spiro atoms. The van der Waals surface area contributed by atoms with E-state index in [0.29, 0.717) is 11.1 Å². The van der Waals surface area contributed by atoms with Crippen LogP contribution < -0.4 is 5.32 Å². The van der Waals surface area contributed by atoms with Crippen molar-refractivity contribution in [3.8, 4) is 0 Å². The molecule has 1 fully saturated rings. The van der Waals surface area contributed by atoms with Gasteiger partial charge in [0.1, 0.15) is 0 Å². The molecule has 1 atom stereocenters. The summed E-state index contributed by atoms with van der Waals surface area (Å²) in [5.74, 6) is 0.115. The van der Waals surface area contributed by atoms with Crippen LogP contribution in [-0.2, 0) is 4.79 Å². The number of benzene rings is 1. The first-order valence-corrected chi connectivity index (χ1v) is 8.30. The van der Waals surface area contributed by atoms with Gasteiger partial charge in [0.15, 0.2) is 0 Å². The highest BCUT2D eigenvalue weighted by Gasteiger charge is 2.26. The Balaban J connectivity index is 1.77. The Hall–Kier alpha value is -1.10. The summed E-state index contributed by atoms with van der Waals surface area (Å²) in [6, 6.07) is 7.57. The Morgan fingerprint density at radius 3 is 2.45 bits per heavy atom. The molecular formula is C17H25ClN2O2. The van der Waals surface area contributed by atoms with E-state index in [0.717, 1.165) is 31.5 Å². The van der Waals surface area contributed by atoms with Crippen molar-refractivity contribution in [2.24, 2.45) is 5.92 Å². The van der Waals surface area contributed by atoms with Crippen LogP contribution in [0.5, 0.6) is 0 Å². The monoisotopic (exact) mass is 324 g/mol. The van der Waals surface area contributed by atoms with Crippen molar-refractivity contribution in [2.45, 2.75) is 38.8 Å². The molecule has 5 heteroatoms. The number of likely N-dealkylation sites (tertiary alicyclic amines) is 1. The van der Waals surface area contributed by atoms with Gasteiger partial charge in [-0.15, -0.1) is 0 Å². The van der Waals surface area contributed by atoms with E-state index in [9.17, 15) is 9.90 Å². The van der Waals surface area contributed by atoms with Crippen molar-refractivity contribution in [1.29, 1.82) is 0 Å². The summed E-state index contributed by atoms with van der Waals surface area (Å²) in [5, 5.41) is 13.6. The van der Waals surface area contributed by atoms with E-state index < -0.39 is 6.10 Å². The van der Waals surface area contributed by atoms with Gasteiger partial charge >= 0.3 is 0 Å². The number of carbonyl (C=O) groups is 1. The molecule has 1 aromatic carbocycles. The van der Waals surface area contributed by atoms with Crippen molar-refractivity contribution < 1.29 is 9.90 Å². The lowest BCUT2D eigenvalue weighted by atomic mass is 9.95. The molecule has 4 nitrogen and oxygen atoms in total. The van der Waals surface area contributed by atoms with E-state index in [1.165, 1.54) is 0 Å². The number of hydrogen-bond donors (Lipinski definition) is 2. The third-order valence-electron chi connectivity index (χ3n) is 4.36. The number of amides is 1. The molecule has 0 radical (unpaired) electrons. The van der Waals surface area contributed by atoms with Gasteiger partial charge < -0.3 is 15.3 Å². The molecule has 0 bridgehead atoms. The Morgan fingerprint density at radius 2 is 1.91 bits per heavy atom. The topological polar surface area (TPSA) is 52.6 Å². The lowest BCUT2D eigenvalue weighted by Gasteiger charge is -2.34. The third-order valence-corrected chi connectivity index (χ3v) is 4.61. The Bertz CT molecular complexity index is 482. The van der Waals surface area contributed by atoms with Gasteiger partial charge in [0, 0.05) is 23.5 Å². The van der Waals surface area contributed by atoms with E-state index in [2.05, 4.69) is 24.1 Å². The molecule has 1 unspecified atom stereocenters. The molecule has 0 saturated carbocycles. The first kappa shape index (κ1) is 17.3. The van der Waals surface area contributed by atoms with E-state index >= 15 is 0 Å². The fourth-order valence-corrected chi connectivity index (χ4v) is 2.95. The number of piperidine rings is 1. The predicted molar refractivity (Wildman–Crippen MR) is 88.9 cm³/mol. The van der Waals surface area contributed by atoms with Gasteiger partial charge in [-0.3, -0.25) is 4.79 Å². The third kappa shape index (κ3) is 4.70. The predicted octanol–water partition coefficient (Wildman–Crippen LogP) is 2.61. The van der Waals surface area contributed by atoms with Crippen molar-refractivity contribution in [3.05, 3.63) is 34.9 Å². The molecule has 122 valence electrons. The van der Waals surface area contributed by atoms with E-state index in [-0.39, 0.29) is 18.4 Å². The van der Waals surface area contributed by atoms with Gasteiger partial charge in [0.2, 0.25) is 5.91 Å². The number of nitrogens with zero attached hydrogens (tertiary/aromatic N) is 1. The molecule has 2 rings (SSSR count). The van der Waals surface area contributed by atoms with Crippen molar-refractivity contribution in [1.82, 2.24) is 10.2 Å². The van der Waals surface area contributed by atoms with E-state index in [1.807, 2.05) is 0 Å². The fraction of sp³-hybridized carbons (Fsp3) is 0.588. The maximum Gasteiger partial charge on any atom is 0.223 e. The van der Waals surface area contributed by atoms with Gasteiger partial charge in [-0.2, -0.15) is 0 Å². The summed E-state index contributed by atoms with van der Waals surface area (Å²) in [6.07, 6.45) is 1.08. The van der Waals surface area contributed by atoms with Gasteiger partial charge in [-0.25, -0.2) is 0 Å². The SMILES string of the molecule is CC(C)N1CCC(C(=O)NCC(O)c2ccc(Cl)cc2)CC1. The van der Waals surface area contributed by atoms with Crippen molar-refractivity contribution in [3.63, 3.8) is 0 Å². The molecule has 0 aliphatic carbocycles. The Morgan fingerprint density at radius 1 is 1.32 bits per heavy atom. The molecule has 1 amide bonds. The number of aliphatic hydroxyl groups is 1. The van der Waals surface area contributed by atoms with Gasteiger partial charge in [0.05, 0.1) is 6.10 Å². The molecule has 1 saturated heterocycles. The number of nitrogens with one attached hydrogen (secondary N) is 1. The molecule has 1 aliphatic heterocycles. The largest absolute Gasteiger partial charge is 0.387 e. The second kappa shape index (κ2) is 7.95. The quantitative estimate of drug-likeness (QED) is 0.875. The van der Waals surface area contributed by atoms with Crippen LogP contribution in [0.2, 0.25) is 5.02 Å². The number of rotatable bonds is 5. The highest BCUT2D eigenvalue weighted by atomic mass is 35.5. The molecule has 2 N–H and O–H groups in total. The molecular weight excluding hydrogens is 300 g/mol. The highest BCUT2D eigenvalue weighted by molar-refractivity contribution is 6.30. The van der Waals surface area contributed by atoms with Gasteiger partial charge in [0.25, 0.3) is 0 Å². The summed E-state index contributed by atoms with van der Waals surface area (Å²) >= 11 is 5.82. The Labute approximate surface area is 137 Å². The van der Waals surface area contributed by atoms with Crippen LogP contribution >= 0.6 is 11.6 Å². The van der Waals surface area contributed by atoms with Crippen LogP contribution in [0.4, 0.5) is 0 Å². The first-order valence-electron chi connectivity index (χ1n) is 7.92. The zero-order valence-electron chi connectivity index (χ0n) is 13.3. The lowest BCUT2D eigenvalue weighted by Crippen LogP contribution is -2.43. The second-order valence-electron chi connectivity index (χ2n) is 6.22. The minimum absolute atomic E-state index is 0.0522. The summed E-state index contributed by atoms with van der Waals surface area (Å²) in [5.41, 5.74) is 0.763. The summed E-state index contributed by atoms with van der Waals surface area (Å²) in [6.45, 7) is 6.54. The fourth-order valence-electron chi connectivity index (χ4n) is 2.82. The molecule has 0 aromatic heterocycles. The zero-order chi connectivity index (χ0) is 16.1. The van der Waals surface area contributed by atoms with Crippen LogP contribution in [0, 0.1) is 5.92 Å². The lowest BCUT2D eigenvalue weighted by molar-refractivity contribution is -0.127. The Kier molecular flexibility index (Phi) is 6.24.